The number of hydrogen-bond donors (Lipinski definition) is 2. The Balaban J connectivity index is 1.43. The number of carbonyl (C=O) groups excluding carboxylic acids is 1. The minimum absolute atomic E-state index is 0.0188. The standard InChI is InChI=1S/C23H33N5O3S/c1-27(19-9-3-2-4-10-19)32(30,31)22-12-6-5-11-21(22)25-23(29)17-28-15-7-8-18(16-28)20-13-14-24-26-20/h5-6,11-14,18-19H,2-4,7-10,15-17H2,1H3,(H,24,26)(H,25,29). The molecule has 0 radical (unpaired) electrons. The molecule has 2 heterocycles. The first-order valence-electron chi connectivity index (χ1n) is 11.5. The minimum Gasteiger partial charge on any atom is -0.324 e. The van der Waals surface area contributed by atoms with E-state index in [1.165, 1.54) is 4.31 Å². The number of sulfonamides is 1. The third kappa shape index (κ3) is 5.22. The third-order valence-electron chi connectivity index (χ3n) is 6.74. The summed E-state index contributed by atoms with van der Waals surface area (Å²) in [5, 5.41) is 9.93. The van der Waals surface area contributed by atoms with Gasteiger partial charge in [-0.3, -0.25) is 14.8 Å². The Morgan fingerprint density at radius 3 is 2.69 bits per heavy atom. The third-order valence-corrected chi connectivity index (χ3v) is 8.71. The Labute approximate surface area is 190 Å². The zero-order valence-corrected chi connectivity index (χ0v) is 19.5. The number of nitrogens with one attached hydrogen (secondary N) is 2. The van der Waals surface area contributed by atoms with Crippen molar-refractivity contribution in [3.63, 3.8) is 0 Å². The van der Waals surface area contributed by atoms with E-state index in [4.69, 9.17) is 0 Å². The highest BCUT2D eigenvalue weighted by Gasteiger charge is 2.31. The van der Waals surface area contributed by atoms with Crippen LogP contribution in [0.4, 0.5) is 5.69 Å². The average Bonchev–Trinajstić information content (AvgIpc) is 3.35. The first kappa shape index (κ1) is 22.9. The number of nitrogens with zero attached hydrogens (tertiary/aromatic N) is 3. The Kier molecular flexibility index (Phi) is 7.27. The molecule has 1 saturated carbocycles. The van der Waals surface area contributed by atoms with E-state index in [9.17, 15) is 13.2 Å². The van der Waals surface area contributed by atoms with E-state index in [0.717, 1.165) is 63.7 Å². The van der Waals surface area contributed by atoms with Gasteiger partial charge in [-0.05, 0) is 50.4 Å². The van der Waals surface area contributed by atoms with E-state index in [1.54, 1.807) is 37.5 Å². The van der Waals surface area contributed by atoms with Crippen molar-refractivity contribution >= 4 is 21.6 Å². The Morgan fingerprint density at radius 2 is 1.94 bits per heavy atom. The predicted octanol–water partition coefficient (Wildman–Crippen LogP) is 3.18. The number of amides is 1. The number of para-hydroxylation sites is 1. The lowest BCUT2D eigenvalue weighted by Crippen LogP contribution is -2.40. The number of aromatic nitrogens is 2. The number of H-pyrrole nitrogens is 1. The fourth-order valence-corrected chi connectivity index (χ4v) is 6.49. The van der Waals surface area contributed by atoms with E-state index in [2.05, 4.69) is 20.4 Å². The van der Waals surface area contributed by atoms with Gasteiger partial charge in [-0.1, -0.05) is 31.4 Å². The van der Waals surface area contributed by atoms with Crippen molar-refractivity contribution in [1.82, 2.24) is 19.4 Å². The second-order valence-electron chi connectivity index (χ2n) is 8.94. The van der Waals surface area contributed by atoms with Crippen LogP contribution in [0.25, 0.3) is 0 Å². The molecule has 1 aromatic heterocycles. The zero-order chi connectivity index (χ0) is 22.6. The molecule has 2 fully saturated rings. The van der Waals surface area contributed by atoms with E-state index >= 15 is 0 Å². The number of piperidine rings is 1. The molecule has 1 aromatic carbocycles. The number of rotatable bonds is 7. The van der Waals surface area contributed by atoms with Crippen LogP contribution in [0.15, 0.2) is 41.4 Å². The van der Waals surface area contributed by atoms with Gasteiger partial charge >= 0.3 is 0 Å². The van der Waals surface area contributed by atoms with Gasteiger partial charge in [0.15, 0.2) is 0 Å². The Morgan fingerprint density at radius 1 is 1.16 bits per heavy atom. The summed E-state index contributed by atoms with van der Waals surface area (Å²) < 4.78 is 28.2. The molecule has 1 aliphatic heterocycles. The molecule has 2 aromatic rings. The van der Waals surface area contributed by atoms with Crippen molar-refractivity contribution in [1.29, 1.82) is 0 Å². The maximum absolute atomic E-state index is 13.4. The highest BCUT2D eigenvalue weighted by Crippen LogP contribution is 2.30. The van der Waals surface area contributed by atoms with Crippen molar-refractivity contribution < 1.29 is 13.2 Å². The first-order chi connectivity index (χ1) is 15.4. The second-order valence-corrected chi connectivity index (χ2v) is 10.9. The Hall–Kier alpha value is -2.23. The van der Waals surface area contributed by atoms with Gasteiger partial charge in [-0.25, -0.2) is 8.42 Å². The van der Waals surface area contributed by atoms with Gasteiger partial charge in [0.2, 0.25) is 15.9 Å². The predicted molar refractivity (Wildman–Crippen MR) is 124 cm³/mol. The summed E-state index contributed by atoms with van der Waals surface area (Å²) >= 11 is 0. The van der Waals surface area contributed by atoms with Crippen molar-refractivity contribution in [3.05, 3.63) is 42.2 Å². The van der Waals surface area contributed by atoms with Gasteiger partial charge in [-0.15, -0.1) is 0 Å². The van der Waals surface area contributed by atoms with Crippen LogP contribution >= 0.6 is 0 Å². The van der Waals surface area contributed by atoms with Crippen LogP contribution in [0.1, 0.15) is 56.6 Å². The van der Waals surface area contributed by atoms with Gasteiger partial charge < -0.3 is 5.32 Å². The first-order valence-corrected chi connectivity index (χ1v) is 13.0. The number of carbonyl (C=O) groups is 1. The molecule has 32 heavy (non-hydrogen) atoms. The number of hydrogen-bond acceptors (Lipinski definition) is 5. The molecule has 4 rings (SSSR count). The largest absolute Gasteiger partial charge is 0.324 e. The highest BCUT2D eigenvalue weighted by atomic mass is 32.2. The fraction of sp³-hybridized carbons (Fsp3) is 0.565. The molecule has 2 aliphatic rings. The van der Waals surface area contributed by atoms with Crippen LogP contribution in [0.3, 0.4) is 0 Å². The van der Waals surface area contributed by atoms with Crippen LogP contribution in [0.2, 0.25) is 0 Å². The summed E-state index contributed by atoms with van der Waals surface area (Å²) in [5.74, 6) is 0.133. The molecule has 1 saturated heterocycles. The molecule has 1 amide bonds. The molecule has 0 spiro atoms. The van der Waals surface area contributed by atoms with Gasteiger partial charge in [-0.2, -0.15) is 9.40 Å². The molecule has 1 atom stereocenters. The smallest absolute Gasteiger partial charge is 0.245 e. The molecule has 174 valence electrons. The topological polar surface area (TPSA) is 98.4 Å². The van der Waals surface area contributed by atoms with Gasteiger partial charge in [0.1, 0.15) is 4.90 Å². The molecule has 1 unspecified atom stereocenters. The molecule has 8 nitrogen and oxygen atoms in total. The van der Waals surface area contributed by atoms with E-state index in [-0.39, 0.29) is 23.4 Å². The zero-order valence-electron chi connectivity index (χ0n) is 18.7. The number of anilines is 1. The summed E-state index contributed by atoms with van der Waals surface area (Å²) in [6.07, 6.45) is 8.87. The monoisotopic (exact) mass is 459 g/mol. The average molecular weight is 460 g/mol. The Bertz CT molecular complexity index is 1000. The van der Waals surface area contributed by atoms with Gasteiger partial charge in [0.05, 0.1) is 12.2 Å². The van der Waals surface area contributed by atoms with Gasteiger partial charge in [0, 0.05) is 37.4 Å². The number of benzene rings is 1. The second kappa shape index (κ2) is 10.1. The molecular weight excluding hydrogens is 426 g/mol. The van der Waals surface area contributed by atoms with Crippen molar-refractivity contribution in [2.75, 3.05) is 32.0 Å². The molecule has 9 heteroatoms. The van der Waals surface area contributed by atoms with Crippen LogP contribution in [0.5, 0.6) is 0 Å². The van der Waals surface area contributed by atoms with E-state index in [0.29, 0.717) is 11.6 Å². The molecule has 1 aliphatic carbocycles. The summed E-state index contributed by atoms with van der Waals surface area (Å²) in [6.45, 7) is 1.86. The van der Waals surface area contributed by atoms with E-state index < -0.39 is 10.0 Å². The normalized spacial score (nSPS) is 21.0. The summed E-state index contributed by atoms with van der Waals surface area (Å²) in [6, 6.07) is 8.72. The lowest BCUT2D eigenvalue weighted by atomic mass is 9.95. The van der Waals surface area contributed by atoms with Crippen LogP contribution in [-0.4, -0.2) is 66.5 Å². The van der Waals surface area contributed by atoms with Crippen LogP contribution < -0.4 is 5.32 Å². The SMILES string of the molecule is CN(C1CCCCC1)S(=O)(=O)c1ccccc1NC(=O)CN1CCCC(c2ccn[nH]2)C1. The van der Waals surface area contributed by atoms with Crippen molar-refractivity contribution in [2.45, 2.75) is 61.8 Å². The highest BCUT2D eigenvalue weighted by molar-refractivity contribution is 7.89. The molecule has 0 bridgehead atoms. The minimum atomic E-state index is -3.69. The lowest BCUT2D eigenvalue weighted by Gasteiger charge is -2.32. The number of aromatic amines is 1. The maximum atomic E-state index is 13.4. The maximum Gasteiger partial charge on any atom is 0.245 e. The quantitative estimate of drug-likeness (QED) is 0.663. The fourth-order valence-electron chi connectivity index (χ4n) is 4.93. The lowest BCUT2D eigenvalue weighted by molar-refractivity contribution is -0.117. The number of likely N-dealkylation sites (tertiary alicyclic amines) is 1. The van der Waals surface area contributed by atoms with Gasteiger partial charge in [0.25, 0.3) is 0 Å². The summed E-state index contributed by atoms with van der Waals surface area (Å²) in [4.78, 5) is 15.1. The summed E-state index contributed by atoms with van der Waals surface area (Å²) in [7, 11) is -2.03. The van der Waals surface area contributed by atoms with Crippen molar-refractivity contribution in [3.8, 4) is 0 Å². The van der Waals surface area contributed by atoms with Crippen LogP contribution in [0, 0.1) is 0 Å². The van der Waals surface area contributed by atoms with E-state index in [1.807, 2.05) is 6.07 Å². The summed E-state index contributed by atoms with van der Waals surface area (Å²) in [5.41, 5.74) is 1.44. The van der Waals surface area contributed by atoms with Crippen LogP contribution in [-0.2, 0) is 14.8 Å². The van der Waals surface area contributed by atoms with Crippen molar-refractivity contribution in [2.24, 2.45) is 0 Å². The molecular formula is C23H33N5O3S. The molecule has 2 N–H and O–H groups in total.